The van der Waals surface area contributed by atoms with E-state index in [4.69, 9.17) is 9.94 Å². The van der Waals surface area contributed by atoms with Gasteiger partial charge in [-0.25, -0.2) is 5.21 Å². The zero-order valence-corrected chi connectivity index (χ0v) is 6.66. The van der Waals surface area contributed by atoms with Gasteiger partial charge in [0.2, 0.25) is 0 Å². The first-order valence-corrected chi connectivity index (χ1v) is 3.93. The largest absolute Gasteiger partial charge is 0.376 e. The van der Waals surface area contributed by atoms with E-state index in [1.807, 2.05) is 6.07 Å². The Kier molecular flexibility index (Phi) is 2.03. The molecule has 0 bridgehead atoms. The Morgan fingerprint density at radius 3 is 3.33 bits per heavy atom. The Morgan fingerprint density at radius 1 is 1.58 bits per heavy atom. The van der Waals surface area contributed by atoms with E-state index in [-0.39, 0.29) is 0 Å². The van der Waals surface area contributed by atoms with E-state index in [0.29, 0.717) is 6.61 Å². The maximum atomic E-state index is 8.73. The number of hydrogen-bond donors (Lipinski definition) is 2. The maximum Gasteiger partial charge on any atom is 0.180 e. The van der Waals surface area contributed by atoms with Crippen molar-refractivity contribution in [3.63, 3.8) is 0 Å². The fourth-order valence-corrected chi connectivity index (χ4v) is 1.33. The molecule has 1 aliphatic rings. The van der Waals surface area contributed by atoms with Crippen molar-refractivity contribution >= 4 is 5.69 Å². The molecule has 0 radical (unpaired) electrons. The number of ether oxygens (including phenoxy) is 1. The molecular formula is C8H11N2O2+. The lowest BCUT2D eigenvalue weighted by Gasteiger charge is -2.14. The standard InChI is InChI=1S/C8H10N2O2/c11-10-7-3-6-5-12-2-1-8(6)9-4-7/h3-4,10-11H,1-2,5H2/p+1. The van der Waals surface area contributed by atoms with Crippen LogP contribution in [0.4, 0.5) is 5.69 Å². The third kappa shape index (κ3) is 1.32. The highest BCUT2D eigenvalue weighted by atomic mass is 16.5. The van der Waals surface area contributed by atoms with E-state index in [9.17, 15) is 0 Å². The van der Waals surface area contributed by atoms with E-state index in [1.54, 1.807) is 6.20 Å². The van der Waals surface area contributed by atoms with Crippen molar-refractivity contribution in [3.05, 3.63) is 23.5 Å². The molecule has 0 spiro atoms. The van der Waals surface area contributed by atoms with Gasteiger partial charge in [0.1, 0.15) is 0 Å². The average molecular weight is 167 g/mol. The van der Waals surface area contributed by atoms with Gasteiger partial charge in [-0.05, 0) is 0 Å². The van der Waals surface area contributed by atoms with E-state index in [1.165, 1.54) is 0 Å². The van der Waals surface area contributed by atoms with Crippen LogP contribution in [0.5, 0.6) is 0 Å². The molecule has 3 N–H and O–H groups in total. The molecule has 2 heterocycles. The smallest absolute Gasteiger partial charge is 0.180 e. The molecule has 1 aromatic heterocycles. The summed E-state index contributed by atoms with van der Waals surface area (Å²) in [7, 11) is 0. The summed E-state index contributed by atoms with van der Waals surface area (Å²) in [4.78, 5) is 4.22. The van der Waals surface area contributed by atoms with Gasteiger partial charge >= 0.3 is 0 Å². The topological polar surface area (TPSA) is 59.0 Å². The van der Waals surface area contributed by atoms with E-state index in [2.05, 4.69) is 4.98 Å². The zero-order chi connectivity index (χ0) is 8.39. The molecule has 64 valence electrons. The minimum atomic E-state index is 0.615. The highest BCUT2D eigenvalue weighted by Gasteiger charge is 2.11. The van der Waals surface area contributed by atoms with Crippen LogP contribution < -0.4 is 5.48 Å². The lowest BCUT2D eigenvalue weighted by Crippen LogP contribution is -2.73. The van der Waals surface area contributed by atoms with Gasteiger partial charge in [0.05, 0.1) is 19.4 Å². The van der Waals surface area contributed by atoms with Gasteiger partial charge in [-0.15, -0.1) is 0 Å². The Hall–Kier alpha value is -0.970. The Bertz CT molecular complexity index is 288. The molecule has 0 fully saturated rings. The third-order valence-electron chi connectivity index (χ3n) is 1.97. The van der Waals surface area contributed by atoms with Crippen LogP contribution in [0.1, 0.15) is 11.3 Å². The second-order valence-electron chi connectivity index (χ2n) is 2.81. The van der Waals surface area contributed by atoms with Crippen LogP contribution in [-0.2, 0) is 17.8 Å². The third-order valence-corrected chi connectivity index (χ3v) is 1.97. The van der Waals surface area contributed by atoms with Crippen molar-refractivity contribution in [2.45, 2.75) is 13.0 Å². The molecular weight excluding hydrogens is 156 g/mol. The molecule has 1 aromatic rings. The Balaban J connectivity index is 2.36. The van der Waals surface area contributed by atoms with E-state index < -0.39 is 0 Å². The number of rotatable bonds is 1. The average Bonchev–Trinajstić information content (AvgIpc) is 2.17. The molecule has 0 atom stereocenters. The minimum absolute atomic E-state index is 0.615. The highest BCUT2D eigenvalue weighted by molar-refractivity contribution is 5.33. The minimum Gasteiger partial charge on any atom is -0.376 e. The first-order chi connectivity index (χ1) is 5.90. The molecule has 12 heavy (non-hydrogen) atoms. The summed E-state index contributed by atoms with van der Waals surface area (Å²) in [6.07, 6.45) is 2.55. The second-order valence-corrected chi connectivity index (χ2v) is 2.81. The molecule has 0 aliphatic carbocycles. The number of pyridine rings is 1. The van der Waals surface area contributed by atoms with Crippen LogP contribution in [0.25, 0.3) is 0 Å². The van der Waals surface area contributed by atoms with Crippen molar-refractivity contribution in [2.24, 2.45) is 0 Å². The van der Waals surface area contributed by atoms with Crippen LogP contribution in [0, 0.1) is 0 Å². The van der Waals surface area contributed by atoms with Gasteiger partial charge in [0.25, 0.3) is 0 Å². The summed E-state index contributed by atoms with van der Waals surface area (Å²) >= 11 is 0. The van der Waals surface area contributed by atoms with Crippen molar-refractivity contribution < 1.29 is 15.4 Å². The first kappa shape index (κ1) is 7.67. The SMILES string of the molecule is O[NH2+]c1cnc2c(c1)COCC2. The number of fused-ring (bicyclic) bond motifs is 1. The molecule has 1 aliphatic heterocycles. The second kappa shape index (κ2) is 3.18. The number of nitrogens with two attached hydrogens (primary N) is 1. The molecule has 0 saturated carbocycles. The predicted octanol–water partition coefficient (Wildman–Crippen LogP) is -0.262. The van der Waals surface area contributed by atoms with Crippen LogP contribution in [0.2, 0.25) is 0 Å². The summed E-state index contributed by atoms with van der Waals surface area (Å²) in [6.45, 7) is 1.37. The monoisotopic (exact) mass is 167 g/mol. The van der Waals surface area contributed by atoms with Gasteiger partial charge in [-0.1, -0.05) is 0 Å². The zero-order valence-electron chi connectivity index (χ0n) is 6.66. The first-order valence-electron chi connectivity index (χ1n) is 3.93. The molecule has 0 saturated heterocycles. The number of aromatic nitrogens is 1. The van der Waals surface area contributed by atoms with Crippen LogP contribution in [-0.4, -0.2) is 16.8 Å². The van der Waals surface area contributed by atoms with Crippen molar-refractivity contribution in [3.8, 4) is 0 Å². The van der Waals surface area contributed by atoms with Gasteiger partial charge in [0, 0.05) is 23.7 Å². The molecule has 4 heteroatoms. The fourth-order valence-electron chi connectivity index (χ4n) is 1.33. The number of quaternary nitrogens is 1. The maximum absolute atomic E-state index is 8.73. The van der Waals surface area contributed by atoms with Crippen molar-refractivity contribution in [1.82, 2.24) is 4.98 Å². The van der Waals surface area contributed by atoms with Crippen molar-refractivity contribution in [1.29, 1.82) is 0 Å². The van der Waals surface area contributed by atoms with Crippen LogP contribution in [0.3, 0.4) is 0 Å². The lowest BCUT2D eigenvalue weighted by molar-refractivity contribution is -0.825. The molecule has 0 unspecified atom stereocenters. The normalized spacial score (nSPS) is 15.8. The molecule has 0 amide bonds. The molecule has 0 aromatic carbocycles. The highest BCUT2D eigenvalue weighted by Crippen LogP contribution is 2.15. The van der Waals surface area contributed by atoms with Gasteiger partial charge in [-0.3, -0.25) is 4.98 Å². The number of nitrogens with zero attached hydrogens (tertiary/aromatic N) is 1. The van der Waals surface area contributed by atoms with Crippen molar-refractivity contribution in [2.75, 3.05) is 6.61 Å². The Morgan fingerprint density at radius 2 is 2.50 bits per heavy atom. The summed E-state index contributed by atoms with van der Waals surface area (Å²) in [6, 6.07) is 1.90. The van der Waals surface area contributed by atoms with Gasteiger partial charge < -0.3 is 4.74 Å². The van der Waals surface area contributed by atoms with Gasteiger partial charge in [0.15, 0.2) is 5.69 Å². The summed E-state index contributed by atoms with van der Waals surface area (Å²) in [5.74, 6) is 0. The van der Waals surface area contributed by atoms with E-state index >= 15 is 0 Å². The number of hydrogen-bond acceptors (Lipinski definition) is 3. The van der Waals surface area contributed by atoms with E-state index in [0.717, 1.165) is 35.5 Å². The van der Waals surface area contributed by atoms with Crippen LogP contribution in [0.15, 0.2) is 12.3 Å². The fraction of sp³-hybridized carbons (Fsp3) is 0.375. The molecule has 2 rings (SSSR count). The summed E-state index contributed by atoms with van der Waals surface area (Å²) in [5, 5.41) is 8.73. The van der Waals surface area contributed by atoms with Crippen LogP contribution >= 0.6 is 0 Å². The quantitative estimate of drug-likeness (QED) is 0.566. The summed E-state index contributed by atoms with van der Waals surface area (Å²) in [5.41, 5.74) is 3.97. The lowest BCUT2D eigenvalue weighted by atomic mass is 10.1. The Labute approximate surface area is 70.2 Å². The van der Waals surface area contributed by atoms with Gasteiger partial charge in [-0.2, -0.15) is 5.48 Å². The summed E-state index contributed by atoms with van der Waals surface area (Å²) < 4.78 is 5.26. The molecule has 4 nitrogen and oxygen atoms in total. The predicted molar refractivity (Wildman–Crippen MR) is 41.0 cm³/mol.